The van der Waals surface area contributed by atoms with E-state index in [1.165, 1.54) is 5.69 Å². The van der Waals surface area contributed by atoms with Crippen LogP contribution in [0, 0.1) is 0 Å². The number of morpholine rings is 1. The molecule has 1 aliphatic rings. The van der Waals surface area contributed by atoms with Crippen LogP contribution in [0.4, 0.5) is 5.69 Å². The molecule has 20 heavy (non-hydrogen) atoms. The van der Waals surface area contributed by atoms with Crippen molar-refractivity contribution in [1.82, 2.24) is 9.55 Å². The van der Waals surface area contributed by atoms with Gasteiger partial charge in [-0.3, -0.25) is 0 Å². The summed E-state index contributed by atoms with van der Waals surface area (Å²) in [6.07, 6.45) is 0.524. The fourth-order valence-corrected chi connectivity index (χ4v) is 3.01. The van der Waals surface area contributed by atoms with E-state index in [9.17, 15) is 0 Å². The van der Waals surface area contributed by atoms with Crippen molar-refractivity contribution in [2.75, 3.05) is 18.0 Å². The van der Waals surface area contributed by atoms with E-state index in [1.807, 2.05) is 7.05 Å². The quantitative estimate of drug-likeness (QED) is 0.904. The maximum Gasteiger partial charge on any atom is 0.123 e. The van der Waals surface area contributed by atoms with Gasteiger partial charge in [0, 0.05) is 25.8 Å². The molecule has 2 aromatic rings. The van der Waals surface area contributed by atoms with Crippen molar-refractivity contribution in [3.8, 4) is 0 Å². The molecule has 1 saturated heterocycles. The summed E-state index contributed by atoms with van der Waals surface area (Å²) in [4.78, 5) is 6.97. The molecule has 5 heteroatoms. The largest absolute Gasteiger partial charge is 0.372 e. The SMILES string of the molecule is CC1CN(c2ccc3c(c2)nc(CN)n3C)CC(C)O1. The Kier molecular flexibility index (Phi) is 3.40. The van der Waals surface area contributed by atoms with Gasteiger partial charge in [0.1, 0.15) is 5.82 Å². The van der Waals surface area contributed by atoms with Crippen LogP contribution in [-0.2, 0) is 18.3 Å². The van der Waals surface area contributed by atoms with Crippen LogP contribution in [0.3, 0.4) is 0 Å². The average molecular weight is 274 g/mol. The number of aromatic nitrogens is 2. The number of fused-ring (bicyclic) bond motifs is 1. The molecule has 3 rings (SSSR count). The van der Waals surface area contributed by atoms with Crippen molar-refractivity contribution in [3.05, 3.63) is 24.0 Å². The maximum atomic E-state index is 5.79. The van der Waals surface area contributed by atoms with E-state index >= 15 is 0 Å². The Morgan fingerprint density at radius 2 is 2.00 bits per heavy atom. The summed E-state index contributed by atoms with van der Waals surface area (Å²) in [6, 6.07) is 6.44. The third-order valence-electron chi connectivity index (χ3n) is 3.92. The monoisotopic (exact) mass is 274 g/mol. The molecule has 1 aromatic heterocycles. The highest BCUT2D eigenvalue weighted by molar-refractivity contribution is 5.80. The fourth-order valence-electron chi connectivity index (χ4n) is 3.01. The van der Waals surface area contributed by atoms with Crippen molar-refractivity contribution in [1.29, 1.82) is 0 Å². The highest BCUT2D eigenvalue weighted by Crippen LogP contribution is 2.25. The van der Waals surface area contributed by atoms with E-state index in [4.69, 9.17) is 10.5 Å². The summed E-state index contributed by atoms with van der Waals surface area (Å²) in [6.45, 7) is 6.55. The first kappa shape index (κ1) is 13.4. The van der Waals surface area contributed by atoms with E-state index in [2.05, 4.69) is 46.5 Å². The van der Waals surface area contributed by atoms with Gasteiger partial charge >= 0.3 is 0 Å². The van der Waals surface area contributed by atoms with Crippen LogP contribution >= 0.6 is 0 Å². The van der Waals surface area contributed by atoms with Crippen LogP contribution < -0.4 is 10.6 Å². The third-order valence-corrected chi connectivity index (χ3v) is 3.92. The predicted molar refractivity (Wildman–Crippen MR) is 80.8 cm³/mol. The van der Waals surface area contributed by atoms with Gasteiger partial charge in [-0.25, -0.2) is 4.98 Å². The highest BCUT2D eigenvalue weighted by Gasteiger charge is 2.22. The van der Waals surface area contributed by atoms with Crippen molar-refractivity contribution < 1.29 is 4.74 Å². The normalized spacial score (nSPS) is 23.5. The van der Waals surface area contributed by atoms with E-state index in [0.29, 0.717) is 6.54 Å². The Hall–Kier alpha value is -1.59. The van der Waals surface area contributed by atoms with E-state index in [-0.39, 0.29) is 12.2 Å². The van der Waals surface area contributed by atoms with Crippen LogP contribution in [0.25, 0.3) is 11.0 Å². The number of rotatable bonds is 2. The summed E-state index contributed by atoms with van der Waals surface area (Å²) in [5.74, 6) is 0.917. The molecule has 0 aliphatic carbocycles. The van der Waals surface area contributed by atoms with Crippen molar-refractivity contribution in [3.63, 3.8) is 0 Å². The van der Waals surface area contributed by atoms with Crippen LogP contribution in [0.1, 0.15) is 19.7 Å². The molecule has 2 unspecified atom stereocenters. The Labute approximate surface area is 119 Å². The number of anilines is 1. The van der Waals surface area contributed by atoms with Gasteiger partial charge in [-0.05, 0) is 32.0 Å². The first-order valence-corrected chi connectivity index (χ1v) is 7.14. The first-order chi connectivity index (χ1) is 9.58. The number of ether oxygens (including phenoxy) is 1. The molecule has 2 atom stereocenters. The van der Waals surface area contributed by atoms with Gasteiger partial charge in [0.15, 0.2) is 0 Å². The molecule has 1 fully saturated rings. The second kappa shape index (κ2) is 5.07. The first-order valence-electron chi connectivity index (χ1n) is 7.14. The van der Waals surface area contributed by atoms with E-state index < -0.39 is 0 Å². The molecule has 2 N–H and O–H groups in total. The maximum absolute atomic E-state index is 5.79. The molecular formula is C15H22N4O. The average Bonchev–Trinajstić information content (AvgIpc) is 2.74. The second-order valence-corrected chi connectivity index (χ2v) is 5.63. The Bertz CT molecular complexity index is 612. The van der Waals surface area contributed by atoms with Crippen molar-refractivity contribution >= 4 is 16.7 Å². The molecule has 5 nitrogen and oxygen atoms in total. The van der Waals surface area contributed by atoms with E-state index in [0.717, 1.165) is 29.9 Å². The van der Waals surface area contributed by atoms with Crippen LogP contribution in [0.2, 0.25) is 0 Å². The number of hydrogen-bond acceptors (Lipinski definition) is 4. The molecule has 0 radical (unpaired) electrons. The molecule has 108 valence electrons. The van der Waals surface area contributed by atoms with Gasteiger partial charge in [0.25, 0.3) is 0 Å². The number of nitrogens with zero attached hydrogens (tertiary/aromatic N) is 3. The van der Waals surface area contributed by atoms with Gasteiger partial charge in [0.05, 0.1) is 29.8 Å². The molecule has 0 bridgehead atoms. The lowest BCUT2D eigenvalue weighted by atomic mass is 10.2. The van der Waals surface area contributed by atoms with Crippen LogP contribution in [0.15, 0.2) is 18.2 Å². The van der Waals surface area contributed by atoms with Crippen LogP contribution in [0.5, 0.6) is 0 Å². The minimum absolute atomic E-state index is 0.262. The highest BCUT2D eigenvalue weighted by atomic mass is 16.5. The minimum atomic E-state index is 0.262. The molecule has 0 saturated carbocycles. The lowest BCUT2D eigenvalue weighted by molar-refractivity contribution is -0.00521. The Balaban J connectivity index is 1.96. The minimum Gasteiger partial charge on any atom is -0.372 e. The fraction of sp³-hybridized carbons (Fsp3) is 0.533. The number of aryl methyl sites for hydroxylation is 1. The smallest absolute Gasteiger partial charge is 0.123 e. The number of imidazole rings is 1. The standard InChI is InChI=1S/C15H22N4O/c1-10-8-19(9-11(2)20-10)12-4-5-14-13(6-12)17-15(7-16)18(14)3/h4-6,10-11H,7-9,16H2,1-3H3. The van der Waals surface area contributed by atoms with E-state index in [1.54, 1.807) is 0 Å². The summed E-state index contributed by atoms with van der Waals surface area (Å²) in [7, 11) is 2.01. The number of benzene rings is 1. The third kappa shape index (κ3) is 2.27. The molecule has 0 amide bonds. The van der Waals surface area contributed by atoms with Gasteiger partial charge in [0.2, 0.25) is 0 Å². The van der Waals surface area contributed by atoms with Gasteiger partial charge in [-0.2, -0.15) is 0 Å². The summed E-state index contributed by atoms with van der Waals surface area (Å²) >= 11 is 0. The molecular weight excluding hydrogens is 252 g/mol. The summed E-state index contributed by atoms with van der Waals surface area (Å²) in [5, 5.41) is 0. The van der Waals surface area contributed by atoms with Crippen molar-refractivity contribution in [2.24, 2.45) is 12.8 Å². The molecule has 1 aliphatic heterocycles. The molecule has 1 aromatic carbocycles. The summed E-state index contributed by atoms with van der Waals surface area (Å²) in [5.41, 5.74) is 9.07. The van der Waals surface area contributed by atoms with Gasteiger partial charge in [-0.1, -0.05) is 0 Å². The van der Waals surface area contributed by atoms with Crippen molar-refractivity contribution in [2.45, 2.75) is 32.6 Å². The Morgan fingerprint density at radius 3 is 2.65 bits per heavy atom. The lowest BCUT2D eigenvalue weighted by Crippen LogP contribution is -2.45. The Morgan fingerprint density at radius 1 is 1.30 bits per heavy atom. The summed E-state index contributed by atoms with van der Waals surface area (Å²) < 4.78 is 7.85. The molecule has 0 spiro atoms. The predicted octanol–water partition coefficient (Wildman–Crippen LogP) is 1.65. The zero-order valence-corrected chi connectivity index (χ0v) is 12.3. The second-order valence-electron chi connectivity index (χ2n) is 5.63. The molecule has 2 heterocycles. The van der Waals surface area contributed by atoms with Gasteiger partial charge in [-0.15, -0.1) is 0 Å². The number of hydrogen-bond donors (Lipinski definition) is 1. The number of nitrogens with two attached hydrogens (primary N) is 1. The zero-order valence-electron chi connectivity index (χ0n) is 12.3. The topological polar surface area (TPSA) is 56.3 Å². The van der Waals surface area contributed by atoms with Crippen LogP contribution in [-0.4, -0.2) is 34.8 Å². The van der Waals surface area contributed by atoms with Gasteiger partial charge < -0.3 is 19.9 Å². The lowest BCUT2D eigenvalue weighted by Gasteiger charge is -2.36. The zero-order chi connectivity index (χ0) is 14.3.